The predicted octanol–water partition coefficient (Wildman–Crippen LogP) is 2.52. The Morgan fingerprint density at radius 1 is 1.43 bits per heavy atom. The van der Waals surface area contributed by atoms with Gasteiger partial charge in [0.2, 0.25) is 5.91 Å². The highest BCUT2D eigenvalue weighted by molar-refractivity contribution is 5.95. The van der Waals surface area contributed by atoms with E-state index in [0.29, 0.717) is 0 Å². The van der Waals surface area contributed by atoms with Crippen molar-refractivity contribution in [2.45, 2.75) is 38.1 Å². The van der Waals surface area contributed by atoms with E-state index in [9.17, 15) is 9.90 Å². The lowest BCUT2D eigenvalue weighted by molar-refractivity contribution is -0.118. The van der Waals surface area contributed by atoms with E-state index in [-0.39, 0.29) is 12.5 Å². The van der Waals surface area contributed by atoms with Crippen LogP contribution in [0.5, 0.6) is 5.75 Å². The molecule has 0 spiro atoms. The zero-order chi connectivity index (χ0) is 15.3. The fourth-order valence-electron chi connectivity index (χ4n) is 2.82. The van der Waals surface area contributed by atoms with Gasteiger partial charge in [-0.2, -0.15) is 0 Å². The Hall–Kier alpha value is -1.81. The molecule has 0 atom stereocenters. The Kier molecular flexibility index (Phi) is 5.02. The number of hydrogen-bond acceptors (Lipinski definition) is 3. The van der Waals surface area contributed by atoms with Crippen LogP contribution in [-0.2, 0) is 4.79 Å². The molecule has 114 valence electrons. The molecular formula is C17H23NO3. The average Bonchev–Trinajstić information content (AvgIpc) is 2.96. The first-order chi connectivity index (χ1) is 10.1. The average molecular weight is 289 g/mol. The number of allylic oxidation sites excluding steroid dienone is 1. The minimum absolute atomic E-state index is 0.00475. The lowest BCUT2D eigenvalue weighted by Crippen LogP contribution is -2.48. The number of ether oxygens (including phenoxy) is 1. The number of amides is 1. The van der Waals surface area contributed by atoms with Crippen molar-refractivity contribution in [3.63, 3.8) is 0 Å². The Balaban J connectivity index is 2.08. The van der Waals surface area contributed by atoms with Crippen LogP contribution in [0.3, 0.4) is 0 Å². The summed E-state index contributed by atoms with van der Waals surface area (Å²) in [6.07, 6.45) is 5.39. The normalized spacial score (nSPS) is 17.6. The summed E-state index contributed by atoms with van der Waals surface area (Å²) in [5, 5.41) is 12.5. The zero-order valence-corrected chi connectivity index (χ0v) is 12.7. The number of hydrogen-bond donors (Lipinski definition) is 2. The van der Waals surface area contributed by atoms with Crippen LogP contribution in [0.2, 0.25) is 0 Å². The summed E-state index contributed by atoms with van der Waals surface area (Å²) < 4.78 is 5.19. The number of methoxy groups -OCH3 is 1. The van der Waals surface area contributed by atoms with Gasteiger partial charge in [0.15, 0.2) is 0 Å². The van der Waals surface area contributed by atoms with E-state index in [1.54, 1.807) is 13.2 Å². The Labute approximate surface area is 125 Å². The van der Waals surface area contributed by atoms with E-state index in [4.69, 9.17) is 4.74 Å². The molecule has 1 fully saturated rings. The van der Waals surface area contributed by atoms with Crippen molar-refractivity contribution in [1.29, 1.82) is 0 Å². The highest BCUT2D eigenvalue weighted by Crippen LogP contribution is 2.29. The van der Waals surface area contributed by atoms with E-state index < -0.39 is 5.54 Å². The number of nitrogens with one attached hydrogen (secondary N) is 1. The first-order valence-electron chi connectivity index (χ1n) is 7.34. The van der Waals surface area contributed by atoms with Gasteiger partial charge in [0, 0.05) is 6.08 Å². The molecule has 0 unspecified atom stereocenters. The zero-order valence-electron chi connectivity index (χ0n) is 12.7. The maximum absolute atomic E-state index is 12.2. The molecule has 2 rings (SSSR count). The van der Waals surface area contributed by atoms with Crippen molar-refractivity contribution in [2.24, 2.45) is 0 Å². The van der Waals surface area contributed by atoms with E-state index in [2.05, 4.69) is 5.32 Å². The van der Waals surface area contributed by atoms with Gasteiger partial charge >= 0.3 is 0 Å². The number of benzene rings is 1. The molecule has 4 nitrogen and oxygen atoms in total. The molecule has 1 amide bonds. The molecule has 0 radical (unpaired) electrons. The lowest BCUT2D eigenvalue weighted by Gasteiger charge is -2.27. The van der Waals surface area contributed by atoms with Crippen LogP contribution in [0.15, 0.2) is 30.3 Å². The van der Waals surface area contributed by atoms with Crippen LogP contribution in [0.25, 0.3) is 5.57 Å². The highest BCUT2D eigenvalue weighted by Gasteiger charge is 2.34. The standard InChI is InChI=1S/C17H23NO3/c1-13(14-6-5-7-15(11-14)21-2)10-16(20)18-17(12-19)8-3-4-9-17/h5-7,10-11,19H,3-4,8-9,12H2,1-2H3,(H,18,20)/b13-10+. The van der Waals surface area contributed by atoms with Gasteiger partial charge in [0.05, 0.1) is 19.3 Å². The molecule has 1 aromatic rings. The van der Waals surface area contributed by atoms with Gasteiger partial charge < -0.3 is 15.2 Å². The third kappa shape index (κ3) is 3.85. The summed E-state index contributed by atoms with van der Waals surface area (Å²) in [7, 11) is 1.62. The van der Waals surface area contributed by atoms with Crippen LogP contribution in [0.4, 0.5) is 0 Å². The van der Waals surface area contributed by atoms with E-state index in [0.717, 1.165) is 42.6 Å². The quantitative estimate of drug-likeness (QED) is 0.819. The van der Waals surface area contributed by atoms with Gasteiger partial charge in [-0.3, -0.25) is 4.79 Å². The molecule has 1 aliphatic rings. The molecule has 1 saturated carbocycles. The molecule has 1 aliphatic carbocycles. The molecule has 0 heterocycles. The van der Waals surface area contributed by atoms with Gasteiger partial charge in [0.1, 0.15) is 5.75 Å². The van der Waals surface area contributed by atoms with Crippen LogP contribution in [-0.4, -0.2) is 30.3 Å². The van der Waals surface area contributed by atoms with Crippen molar-refractivity contribution in [3.05, 3.63) is 35.9 Å². The summed E-state index contributed by atoms with van der Waals surface area (Å²) in [6, 6.07) is 7.61. The molecular weight excluding hydrogens is 266 g/mol. The Morgan fingerprint density at radius 2 is 2.14 bits per heavy atom. The molecule has 0 saturated heterocycles. The third-order valence-corrected chi connectivity index (χ3v) is 4.12. The molecule has 0 aliphatic heterocycles. The third-order valence-electron chi connectivity index (χ3n) is 4.12. The van der Waals surface area contributed by atoms with Crippen molar-refractivity contribution >= 4 is 11.5 Å². The molecule has 2 N–H and O–H groups in total. The minimum atomic E-state index is -0.428. The summed E-state index contributed by atoms with van der Waals surface area (Å²) >= 11 is 0. The first-order valence-corrected chi connectivity index (χ1v) is 7.34. The van der Waals surface area contributed by atoms with Crippen LogP contribution in [0, 0.1) is 0 Å². The number of aliphatic hydroxyl groups excluding tert-OH is 1. The second-order valence-electron chi connectivity index (χ2n) is 5.69. The number of aliphatic hydroxyl groups is 1. The maximum Gasteiger partial charge on any atom is 0.244 e. The fourth-order valence-corrected chi connectivity index (χ4v) is 2.82. The largest absolute Gasteiger partial charge is 0.497 e. The summed E-state index contributed by atoms with van der Waals surface area (Å²) in [6.45, 7) is 1.90. The molecule has 0 aromatic heterocycles. The van der Waals surface area contributed by atoms with Crippen LogP contribution < -0.4 is 10.1 Å². The van der Waals surface area contributed by atoms with Gasteiger partial charge in [-0.25, -0.2) is 0 Å². The maximum atomic E-state index is 12.2. The second-order valence-corrected chi connectivity index (χ2v) is 5.69. The van der Waals surface area contributed by atoms with Crippen LogP contribution in [0.1, 0.15) is 38.2 Å². The monoisotopic (exact) mass is 289 g/mol. The summed E-state index contributed by atoms with van der Waals surface area (Å²) in [4.78, 5) is 12.2. The van der Waals surface area contributed by atoms with Crippen LogP contribution >= 0.6 is 0 Å². The molecule has 1 aromatic carbocycles. The predicted molar refractivity (Wildman–Crippen MR) is 83.1 cm³/mol. The van der Waals surface area contributed by atoms with E-state index in [1.807, 2.05) is 31.2 Å². The molecule has 0 bridgehead atoms. The Morgan fingerprint density at radius 3 is 2.76 bits per heavy atom. The second kappa shape index (κ2) is 6.76. The smallest absolute Gasteiger partial charge is 0.244 e. The lowest BCUT2D eigenvalue weighted by atomic mass is 9.98. The number of rotatable bonds is 5. The number of carbonyl (C=O) groups excluding carboxylic acids is 1. The SMILES string of the molecule is COc1cccc(/C(C)=C/C(=O)NC2(CO)CCCC2)c1. The molecule has 4 heteroatoms. The van der Waals surface area contributed by atoms with Crippen molar-refractivity contribution in [3.8, 4) is 5.75 Å². The summed E-state index contributed by atoms with van der Waals surface area (Å²) in [5.41, 5.74) is 1.40. The Bertz CT molecular complexity index is 531. The minimum Gasteiger partial charge on any atom is -0.497 e. The summed E-state index contributed by atoms with van der Waals surface area (Å²) in [5.74, 6) is 0.620. The first kappa shape index (κ1) is 15.6. The van der Waals surface area contributed by atoms with E-state index >= 15 is 0 Å². The van der Waals surface area contributed by atoms with Crippen molar-refractivity contribution in [2.75, 3.05) is 13.7 Å². The fraction of sp³-hybridized carbons (Fsp3) is 0.471. The van der Waals surface area contributed by atoms with Gasteiger partial charge in [-0.15, -0.1) is 0 Å². The van der Waals surface area contributed by atoms with Crippen molar-refractivity contribution < 1.29 is 14.6 Å². The molecule has 21 heavy (non-hydrogen) atoms. The van der Waals surface area contributed by atoms with Gasteiger partial charge in [-0.05, 0) is 43.0 Å². The highest BCUT2D eigenvalue weighted by atomic mass is 16.5. The topological polar surface area (TPSA) is 58.6 Å². The van der Waals surface area contributed by atoms with Gasteiger partial charge in [-0.1, -0.05) is 25.0 Å². The van der Waals surface area contributed by atoms with E-state index in [1.165, 1.54) is 0 Å². The van der Waals surface area contributed by atoms with Gasteiger partial charge in [0.25, 0.3) is 0 Å². The number of carbonyl (C=O) groups is 1. The van der Waals surface area contributed by atoms with Crippen molar-refractivity contribution in [1.82, 2.24) is 5.32 Å².